The van der Waals surface area contributed by atoms with Gasteiger partial charge in [-0.15, -0.1) is 0 Å². The molecule has 0 radical (unpaired) electrons. The summed E-state index contributed by atoms with van der Waals surface area (Å²) in [5, 5.41) is 9.43. The Morgan fingerprint density at radius 3 is 2.95 bits per heavy atom. The standard InChI is InChI=1S/C16H20N4O/c1-12-5-6-14(13(2)10-12)7-8-16(21)17-9-3-4-15-18-11-19-20-15/h5-8,10-11H,3-4,9H2,1-2H3,(H,17,21)(H,18,19,20). The minimum Gasteiger partial charge on any atom is -0.353 e. The van der Waals surface area contributed by atoms with Crippen LogP contribution in [0.15, 0.2) is 30.6 Å². The van der Waals surface area contributed by atoms with Gasteiger partial charge in [-0.1, -0.05) is 23.8 Å². The van der Waals surface area contributed by atoms with Gasteiger partial charge >= 0.3 is 0 Å². The summed E-state index contributed by atoms with van der Waals surface area (Å²) in [6.45, 7) is 4.72. The lowest BCUT2D eigenvalue weighted by molar-refractivity contribution is -0.116. The Hall–Kier alpha value is -2.43. The van der Waals surface area contributed by atoms with E-state index in [1.54, 1.807) is 6.08 Å². The molecule has 5 heteroatoms. The Labute approximate surface area is 124 Å². The van der Waals surface area contributed by atoms with Gasteiger partial charge in [0, 0.05) is 19.0 Å². The summed E-state index contributed by atoms with van der Waals surface area (Å²) in [5.74, 6) is 0.766. The molecule has 2 N–H and O–H groups in total. The van der Waals surface area contributed by atoms with E-state index in [0.717, 1.165) is 24.2 Å². The number of rotatable bonds is 6. The van der Waals surface area contributed by atoms with Crippen molar-refractivity contribution in [1.82, 2.24) is 20.5 Å². The van der Waals surface area contributed by atoms with Crippen molar-refractivity contribution in [2.24, 2.45) is 0 Å². The first-order valence-electron chi connectivity index (χ1n) is 7.02. The number of carbonyl (C=O) groups excluding carboxylic acids is 1. The highest BCUT2D eigenvalue weighted by Gasteiger charge is 1.99. The van der Waals surface area contributed by atoms with E-state index < -0.39 is 0 Å². The fourth-order valence-electron chi connectivity index (χ4n) is 2.06. The molecule has 2 rings (SSSR count). The molecule has 1 heterocycles. The first-order chi connectivity index (χ1) is 10.1. The first kappa shape index (κ1) is 15.0. The Balaban J connectivity index is 1.74. The molecule has 0 aliphatic heterocycles. The number of aromatic amines is 1. The highest BCUT2D eigenvalue weighted by atomic mass is 16.1. The molecule has 0 spiro atoms. The second-order valence-corrected chi connectivity index (χ2v) is 5.02. The van der Waals surface area contributed by atoms with E-state index in [0.29, 0.717) is 6.54 Å². The number of amides is 1. The van der Waals surface area contributed by atoms with Gasteiger partial charge in [0.25, 0.3) is 0 Å². The van der Waals surface area contributed by atoms with Crippen LogP contribution in [0, 0.1) is 13.8 Å². The van der Waals surface area contributed by atoms with Gasteiger partial charge < -0.3 is 5.32 Å². The van der Waals surface area contributed by atoms with Gasteiger partial charge in [-0.3, -0.25) is 9.89 Å². The minimum atomic E-state index is -0.0763. The molecule has 5 nitrogen and oxygen atoms in total. The summed E-state index contributed by atoms with van der Waals surface area (Å²) in [6.07, 6.45) is 6.52. The highest BCUT2D eigenvalue weighted by molar-refractivity contribution is 5.91. The lowest BCUT2D eigenvalue weighted by atomic mass is 10.1. The summed E-state index contributed by atoms with van der Waals surface area (Å²) >= 11 is 0. The Kier molecular flexibility index (Phi) is 5.26. The van der Waals surface area contributed by atoms with Crippen molar-refractivity contribution in [1.29, 1.82) is 0 Å². The zero-order chi connectivity index (χ0) is 15.1. The summed E-state index contributed by atoms with van der Waals surface area (Å²) in [6, 6.07) is 6.18. The number of carbonyl (C=O) groups is 1. The number of aromatic nitrogens is 3. The number of benzene rings is 1. The van der Waals surface area contributed by atoms with Crippen LogP contribution < -0.4 is 5.32 Å². The van der Waals surface area contributed by atoms with Crippen molar-refractivity contribution in [2.75, 3.05) is 6.54 Å². The third-order valence-electron chi connectivity index (χ3n) is 3.19. The van der Waals surface area contributed by atoms with Crippen LogP contribution in [0.3, 0.4) is 0 Å². The van der Waals surface area contributed by atoms with Crippen LogP contribution in [0.25, 0.3) is 6.08 Å². The van der Waals surface area contributed by atoms with Crippen LogP contribution in [-0.2, 0) is 11.2 Å². The van der Waals surface area contributed by atoms with E-state index in [-0.39, 0.29) is 5.91 Å². The van der Waals surface area contributed by atoms with Gasteiger partial charge in [0.05, 0.1) is 0 Å². The molecule has 21 heavy (non-hydrogen) atoms. The van der Waals surface area contributed by atoms with E-state index >= 15 is 0 Å². The topological polar surface area (TPSA) is 70.7 Å². The first-order valence-corrected chi connectivity index (χ1v) is 7.02. The summed E-state index contributed by atoms with van der Waals surface area (Å²) in [5.41, 5.74) is 3.46. The van der Waals surface area contributed by atoms with Crippen LogP contribution in [0.4, 0.5) is 0 Å². The lowest BCUT2D eigenvalue weighted by Gasteiger charge is -2.03. The molecule has 0 saturated carbocycles. The van der Waals surface area contributed by atoms with Crippen LogP contribution >= 0.6 is 0 Å². The van der Waals surface area contributed by atoms with Crippen molar-refractivity contribution in [3.05, 3.63) is 53.1 Å². The molecule has 0 bridgehead atoms. The van der Waals surface area contributed by atoms with Crippen molar-refractivity contribution >= 4 is 12.0 Å². The van der Waals surface area contributed by atoms with Gasteiger partial charge in [0.2, 0.25) is 5.91 Å². The summed E-state index contributed by atoms with van der Waals surface area (Å²) in [7, 11) is 0. The maximum Gasteiger partial charge on any atom is 0.243 e. The van der Waals surface area contributed by atoms with Gasteiger partial charge in [0.1, 0.15) is 12.2 Å². The van der Waals surface area contributed by atoms with E-state index in [9.17, 15) is 4.79 Å². The second-order valence-electron chi connectivity index (χ2n) is 5.02. The van der Waals surface area contributed by atoms with Gasteiger partial charge in [-0.25, -0.2) is 4.98 Å². The SMILES string of the molecule is Cc1ccc(C=CC(=O)NCCCc2ncn[nH]2)c(C)c1. The van der Waals surface area contributed by atoms with Crippen molar-refractivity contribution in [3.63, 3.8) is 0 Å². The maximum absolute atomic E-state index is 11.7. The molecule has 2 aromatic rings. The fourth-order valence-corrected chi connectivity index (χ4v) is 2.06. The second kappa shape index (κ2) is 7.38. The molecular formula is C16H20N4O. The largest absolute Gasteiger partial charge is 0.353 e. The fraction of sp³-hybridized carbons (Fsp3) is 0.312. The molecule has 1 amide bonds. The zero-order valence-corrected chi connectivity index (χ0v) is 12.4. The normalized spacial score (nSPS) is 11.0. The van der Waals surface area contributed by atoms with Crippen molar-refractivity contribution < 1.29 is 4.79 Å². The molecule has 0 unspecified atom stereocenters. The molecule has 0 atom stereocenters. The van der Waals surface area contributed by atoms with E-state index in [2.05, 4.69) is 33.5 Å². The molecule has 1 aromatic heterocycles. The summed E-state index contributed by atoms with van der Waals surface area (Å²) in [4.78, 5) is 15.8. The van der Waals surface area contributed by atoms with Crippen LogP contribution in [0.2, 0.25) is 0 Å². The predicted octanol–water partition coefficient (Wildman–Crippen LogP) is 2.18. The zero-order valence-electron chi connectivity index (χ0n) is 12.4. The average molecular weight is 284 g/mol. The van der Waals surface area contributed by atoms with E-state index in [4.69, 9.17) is 0 Å². The Morgan fingerprint density at radius 2 is 2.24 bits per heavy atom. The number of nitrogens with zero attached hydrogens (tertiary/aromatic N) is 2. The number of hydrogen-bond donors (Lipinski definition) is 2. The molecule has 0 aliphatic carbocycles. The Bertz CT molecular complexity index is 617. The van der Waals surface area contributed by atoms with Crippen molar-refractivity contribution in [2.45, 2.75) is 26.7 Å². The van der Waals surface area contributed by atoms with Crippen molar-refractivity contribution in [3.8, 4) is 0 Å². The lowest BCUT2D eigenvalue weighted by Crippen LogP contribution is -2.22. The van der Waals surface area contributed by atoms with Gasteiger partial charge in [0.15, 0.2) is 0 Å². The number of aryl methyl sites for hydroxylation is 3. The quantitative estimate of drug-likeness (QED) is 0.631. The minimum absolute atomic E-state index is 0.0763. The average Bonchev–Trinajstić information content (AvgIpc) is 2.96. The number of nitrogens with one attached hydrogen (secondary N) is 2. The van der Waals surface area contributed by atoms with Gasteiger partial charge in [-0.2, -0.15) is 5.10 Å². The highest BCUT2D eigenvalue weighted by Crippen LogP contribution is 2.11. The predicted molar refractivity (Wildman–Crippen MR) is 82.7 cm³/mol. The molecule has 0 aliphatic rings. The smallest absolute Gasteiger partial charge is 0.243 e. The maximum atomic E-state index is 11.7. The summed E-state index contributed by atoms with van der Waals surface area (Å²) < 4.78 is 0. The van der Waals surface area contributed by atoms with Crippen LogP contribution in [0.5, 0.6) is 0 Å². The van der Waals surface area contributed by atoms with Crippen LogP contribution in [0.1, 0.15) is 28.9 Å². The monoisotopic (exact) mass is 284 g/mol. The Morgan fingerprint density at radius 1 is 1.38 bits per heavy atom. The van der Waals surface area contributed by atoms with E-state index in [1.165, 1.54) is 17.5 Å². The van der Waals surface area contributed by atoms with Crippen LogP contribution in [-0.4, -0.2) is 27.6 Å². The molecule has 0 saturated heterocycles. The molecular weight excluding hydrogens is 264 g/mol. The molecule has 0 fully saturated rings. The molecule has 110 valence electrons. The molecule has 1 aromatic carbocycles. The third kappa shape index (κ3) is 4.87. The third-order valence-corrected chi connectivity index (χ3v) is 3.19. The number of hydrogen-bond acceptors (Lipinski definition) is 3. The number of H-pyrrole nitrogens is 1. The van der Waals surface area contributed by atoms with Gasteiger partial charge in [-0.05, 0) is 37.5 Å². The van der Waals surface area contributed by atoms with E-state index in [1.807, 2.05) is 25.1 Å².